The van der Waals surface area contributed by atoms with E-state index in [-0.39, 0.29) is 39.8 Å². The van der Waals surface area contributed by atoms with Crippen molar-refractivity contribution >= 4 is 23.3 Å². The number of aromatic nitrogens is 3. The lowest BCUT2D eigenvalue weighted by atomic mass is 9.99. The van der Waals surface area contributed by atoms with Gasteiger partial charge in [-0.05, 0) is 43.0 Å². The summed E-state index contributed by atoms with van der Waals surface area (Å²) in [7, 11) is 0. The average Bonchev–Trinajstić information content (AvgIpc) is 3.14. The number of pyridine rings is 1. The summed E-state index contributed by atoms with van der Waals surface area (Å²) < 4.78 is 56.4. The van der Waals surface area contributed by atoms with Crippen molar-refractivity contribution in [1.29, 1.82) is 0 Å². The molecule has 0 spiro atoms. The molecule has 0 radical (unpaired) electrons. The zero-order valence-electron chi connectivity index (χ0n) is 18.4. The van der Waals surface area contributed by atoms with Crippen LogP contribution in [0.4, 0.5) is 28.0 Å². The molecule has 2 atom stereocenters. The molecule has 2 N–H and O–H groups in total. The molecule has 188 valence electrons. The number of benzene rings is 1. The maximum Gasteiger partial charge on any atom is 0.422 e. The molecule has 0 aliphatic carbocycles. The van der Waals surface area contributed by atoms with Gasteiger partial charge in [-0.1, -0.05) is 11.6 Å². The molecule has 5 rings (SSSR count). The Bertz CT molecular complexity index is 1380. The molecule has 2 unspecified atom stereocenters. The number of fused-ring (bicyclic) bond motifs is 4. The van der Waals surface area contributed by atoms with E-state index in [2.05, 4.69) is 25.2 Å². The number of nitrogens with one attached hydrogen (secondary N) is 2. The maximum absolute atomic E-state index is 15.0. The van der Waals surface area contributed by atoms with Crippen molar-refractivity contribution in [1.82, 2.24) is 20.1 Å². The van der Waals surface area contributed by atoms with Crippen LogP contribution in [0.2, 0.25) is 5.02 Å². The van der Waals surface area contributed by atoms with E-state index in [0.29, 0.717) is 24.1 Å². The number of amides is 2. The van der Waals surface area contributed by atoms with Crippen LogP contribution >= 0.6 is 11.6 Å². The highest BCUT2D eigenvalue weighted by Crippen LogP contribution is 2.42. The molecule has 4 heterocycles. The van der Waals surface area contributed by atoms with E-state index in [1.807, 2.05) is 0 Å². The molecule has 2 aliphatic heterocycles. The van der Waals surface area contributed by atoms with Gasteiger partial charge in [-0.15, -0.1) is 0 Å². The highest BCUT2D eigenvalue weighted by molar-refractivity contribution is 6.33. The molecule has 1 saturated heterocycles. The minimum atomic E-state index is -4.50. The Labute approximate surface area is 206 Å². The van der Waals surface area contributed by atoms with Crippen LogP contribution in [-0.2, 0) is 6.42 Å². The number of urea groups is 1. The second-order valence-corrected chi connectivity index (χ2v) is 8.94. The molecule has 2 bridgehead atoms. The van der Waals surface area contributed by atoms with Crippen LogP contribution in [0.3, 0.4) is 0 Å². The van der Waals surface area contributed by atoms with Gasteiger partial charge in [0.05, 0.1) is 22.4 Å². The molecule has 8 nitrogen and oxygen atoms in total. The van der Waals surface area contributed by atoms with Crippen LogP contribution in [0.15, 0.2) is 41.3 Å². The van der Waals surface area contributed by atoms with Gasteiger partial charge in [0.25, 0.3) is 5.56 Å². The lowest BCUT2D eigenvalue weighted by molar-refractivity contribution is -0.154. The predicted molar refractivity (Wildman–Crippen MR) is 121 cm³/mol. The third-order valence-corrected chi connectivity index (χ3v) is 6.47. The van der Waals surface area contributed by atoms with Gasteiger partial charge in [-0.3, -0.25) is 4.79 Å². The quantitative estimate of drug-likeness (QED) is 0.476. The number of ether oxygens (including phenoxy) is 1. The third kappa shape index (κ3) is 4.72. The first-order valence-corrected chi connectivity index (χ1v) is 11.3. The van der Waals surface area contributed by atoms with Gasteiger partial charge in [0, 0.05) is 35.5 Å². The molecule has 1 aromatic carbocycles. The number of alkyl halides is 3. The van der Waals surface area contributed by atoms with E-state index >= 15 is 0 Å². The van der Waals surface area contributed by atoms with Crippen LogP contribution in [0, 0.1) is 5.82 Å². The first kappa shape index (κ1) is 24.0. The molecule has 2 aliphatic rings. The third-order valence-electron chi connectivity index (χ3n) is 6.16. The number of nitrogens with zero attached hydrogens (tertiary/aromatic N) is 3. The van der Waals surface area contributed by atoms with Gasteiger partial charge in [0.2, 0.25) is 5.88 Å². The first-order chi connectivity index (χ1) is 17.1. The summed E-state index contributed by atoms with van der Waals surface area (Å²) in [5.41, 5.74) is 1.58. The minimum absolute atomic E-state index is 0.101. The van der Waals surface area contributed by atoms with E-state index in [4.69, 9.17) is 11.6 Å². The first-order valence-electron chi connectivity index (χ1n) is 10.9. The van der Waals surface area contributed by atoms with Crippen LogP contribution in [-0.4, -0.2) is 44.9 Å². The fourth-order valence-electron chi connectivity index (χ4n) is 4.64. The van der Waals surface area contributed by atoms with Crippen molar-refractivity contribution in [2.24, 2.45) is 0 Å². The molecule has 0 saturated carbocycles. The van der Waals surface area contributed by atoms with Crippen molar-refractivity contribution < 1.29 is 27.1 Å². The Morgan fingerprint density at radius 2 is 2.06 bits per heavy atom. The standard InChI is InChI=1S/C23H18ClF4N5O3/c24-15-8-17(16(25)7-14(15)11-1-4-20(29-9-11)36-10-23(26,27)28)30-22(35)33-13-2-3-18(33)21-12(5-13)6-19(34)31-32-21/h1,4,6-9,13,18H,2-3,5,10H2,(H,30,35)(H,31,34). The number of rotatable bonds is 4. The van der Waals surface area contributed by atoms with Gasteiger partial charge in [-0.25, -0.2) is 19.3 Å². The number of halogens is 5. The van der Waals surface area contributed by atoms with Gasteiger partial charge in [0.15, 0.2) is 6.61 Å². The minimum Gasteiger partial charge on any atom is -0.468 e. The number of hydrogen-bond acceptors (Lipinski definition) is 5. The number of carbonyl (C=O) groups excluding carboxylic acids is 1. The highest BCUT2D eigenvalue weighted by Gasteiger charge is 2.44. The summed E-state index contributed by atoms with van der Waals surface area (Å²) >= 11 is 6.33. The summed E-state index contributed by atoms with van der Waals surface area (Å²) in [6.45, 7) is -1.48. The predicted octanol–water partition coefficient (Wildman–Crippen LogP) is 4.86. The summed E-state index contributed by atoms with van der Waals surface area (Å²) in [5, 5.41) is 9.19. The number of anilines is 1. The molecule has 1 fully saturated rings. The van der Waals surface area contributed by atoms with Crippen LogP contribution < -0.4 is 15.6 Å². The molecular weight excluding hydrogens is 506 g/mol. The largest absolute Gasteiger partial charge is 0.468 e. The van der Waals surface area contributed by atoms with Crippen LogP contribution in [0.1, 0.15) is 30.1 Å². The average molecular weight is 524 g/mol. The zero-order valence-corrected chi connectivity index (χ0v) is 19.2. The Morgan fingerprint density at radius 3 is 2.78 bits per heavy atom. The van der Waals surface area contributed by atoms with E-state index in [0.717, 1.165) is 18.1 Å². The van der Waals surface area contributed by atoms with Gasteiger partial charge < -0.3 is 15.0 Å². The van der Waals surface area contributed by atoms with Gasteiger partial charge in [0.1, 0.15) is 5.82 Å². The monoisotopic (exact) mass is 523 g/mol. The normalized spacial score (nSPS) is 18.6. The summed E-state index contributed by atoms with van der Waals surface area (Å²) in [6, 6.07) is 5.48. The smallest absolute Gasteiger partial charge is 0.422 e. The second-order valence-electron chi connectivity index (χ2n) is 8.53. The van der Waals surface area contributed by atoms with Crippen LogP contribution in [0.5, 0.6) is 5.88 Å². The number of aromatic amines is 1. The summed E-state index contributed by atoms with van der Waals surface area (Å²) in [4.78, 5) is 30.1. The Balaban J connectivity index is 1.32. The fraction of sp³-hybridized carbons (Fsp3) is 0.304. The number of H-pyrrole nitrogens is 1. The molecule has 2 amide bonds. The van der Waals surface area contributed by atoms with E-state index in [1.165, 1.54) is 30.5 Å². The van der Waals surface area contributed by atoms with Crippen molar-refractivity contribution in [2.75, 3.05) is 11.9 Å². The SMILES string of the molecule is O=C(Nc1cc(Cl)c(-c2ccc(OCC(F)(F)F)nc2)cc1F)N1C2CCC1c1n[nH]c(=O)cc1C2. The highest BCUT2D eigenvalue weighted by atomic mass is 35.5. The van der Waals surface area contributed by atoms with Gasteiger partial charge >= 0.3 is 12.2 Å². The van der Waals surface area contributed by atoms with Crippen molar-refractivity contribution in [2.45, 2.75) is 37.5 Å². The summed E-state index contributed by atoms with van der Waals surface area (Å²) in [5.74, 6) is -1.000. The van der Waals surface area contributed by atoms with E-state index < -0.39 is 24.6 Å². The molecule has 2 aromatic heterocycles. The Morgan fingerprint density at radius 1 is 1.25 bits per heavy atom. The van der Waals surface area contributed by atoms with E-state index in [9.17, 15) is 27.2 Å². The zero-order chi connectivity index (χ0) is 25.6. The van der Waals surface area contributed by atoms with Crippen molar-refractivity contribution in [3.63, 3.8) is 0 Å². The summed E-state index contributed by atoms with van der Waals surface area (Å²) in [6.07, 6.45) is -1.42. The Hall–Kier alpha value is -3.67. The topological polar surface area (TPSA) is 100 Å². The lowest BCUT2D eigenvalue weighted by Gasteiger charge is -2.35. The molecule has 3 aromatic rings. The Kier molecular flexibility index (Phi) is 6.07. The molecule has 13 heteroatoms. The van der Waals surface area contributed by atoms with Crippen molar-refractivity contribution in [3.05, 3.63) is 69.0 Å². The molecular formula is C23H18ClF4N5O3. The number of hydrogen-bond donors (Lipinski definition) is 2. The maximum atomic E-state index is 15.0. The number of carbonyl (C=O) groups is 1. The van der Waals surface area contributed by atoms with E-state index in [1.54, 1.807) is 4.90 Å². The van der Waals surface area contributed by atoms with Gasteiger partial charge in [-0.2, -0.15) is 18.3 Å². The fourth-order valence-corrected chi connectivity index (χ4v) is 4.91. The van der Waals surface area contributed by atoms with Crippen molar-refractivity contribution in [3.8, 4) is 17.0 Å². The van der Waals surface area contributed by atoms with Crippen LogP contribution in [0.25, 0.3) is 11.1 Å². The second kappa shape index (κ2) is 9.08. The molecule has 36 heavy (non-hydrogen) atoms. The lowest BCUT2D eigenvalue weighted by Crippen LogP contribution is -2.45.